The first-order chi connectivity index (χ1) is 12.1. The number of rotatable bonds is 4. The molecule has 0 bridgehead atoms. The van der Waals surface area contributed by atoms with Crippen LogP contribution < -0.4 is 0 Å². The maximum absolute atomic E-state index is 5.37. The van der Waals surface area contributed by atoms with Crippen LogP contribution in [0.15, 0.2) is 10.9 Å². The second kappa shape index (κ2) is 6.57. The minimum atomic E-state index is 0.368. The molecule has 2 aromatic heterocycles. The average Bonchev–Trinajstić information content (AvgIpc) is 3.27. The summed E-state index contributed by atoms with van der Waals surface area (Å²) in [6, 6.07) is 0. The van der Waals surface area contributed by atoms with Crippen LogP contribution in [0.4, 0.5) is 0 Å². The van der Waals surface area contributed by atoms with Gasteiger partial charge >= 0.3 is 0 Å². The van der Waals surface area contributed by atoms with E-state index in [9.17, 15) is 0 Å². The lowest BCUT2D eigenvalue weighted by Crippen LogP contribution is -2.51. The first-order valence-electron chi connectivity index (χ1n) is 9.45. The highest BCUT2D eigenvalue weighted by atomic mass is 16.5. The second-order valence-corrected chi connectivity index (χ2v) is 7.80. The molecule has 0 amide bonds. The number of H-pyrrole nitrogens is 1. The topological polar surface area (TPSA) is 61.2 Å². The molecule has 0 radical (unpaired) electrons. The van der Waals surface area contributed by atoms with Gasteiger partial charge in [0.15, 0.2) is 0 Å². The number of aryl methyl sites for hydroxylation is 3. The number of piperidine rings is 1. The van der Waals surface area contributed by atoms with Crippen molar-refractivity contribution in [1.82, 2.24) is 24.9 Å². The molecule has 1 spiro atoms. The Bertz CT molecular complexity index is 707. The van der Waals surface area contributed by atoms with Gasteiger partial charge in [0.1, 0.15) is 5.76 Å². The number of nitrogens with zero attached hydrogens (tertiary/aromatic N) is 4. The Hall–Kier alpha value is -1.66. The molecule has 6 heteroatoms. The normalized spacial score (nSPS) is 21.4. The molecule has 2 saturated heterocycles. The summed E-state index contributed by atoms with van der Waals surface area (Å²) in [5, 5.41) is 4.13. The van der Waals surface area contributed by atoms with Crippen molar-refractivity contribution in [3.05, 3.63) is 34.7 Å². The van der Waals surface area contributed by atoms with Crippen LogP contribution in [-0.2, 0) is 13.1 Å². The molecule has 2 fully saturated rings. The fraction of sp³-hybridized carbons (Fsp3) is 0.684. The molecule has 0 aromatic carbocycles. The SMILES string of the molecule is Cc1noc(C)c1CN1CCCC12CCN(Cc1nc[nH]c1C)CC2. The molecule has 4 heterocycles. The van der Waals surface area contributed by atoms with Gasteiger partial charge < -0.3 is 9.51 Å². The van der Waals surface area contributed by atoms with Crippen molar-refractivity contribution >= 4 is 0 Å². The smallest absolute Gasteiger partial charge is 0.138 e. The molecule has 0 atom stereocenters. The fourth-order valence-corrected chi connectivity index (χ4v) is 4.61. The Balaban J connectivity index is 1.41. The van der Waals surface area contributed by atoms with Crippen LogP contribution in [0, 0.1) is 20.8 Å². The zero-order valence-corrected chi connectivity index (χ0v) is 15.6. The van der Waals surface area contributed by atoms with E-state index in [1.807, 2.05) is 6.92 Å². The van der Waals surface area contributed by atoms with Crippen LogP contribution in [0.3, 0.4) is 0 Å². The van der Waals surface area contributed by atoms with Crippen LogP contribution in [0.25, 0.3) is 0 Å². The van der Waals surface area contributed by atoms with E-state index in [-0.39, 0.29) is 0 Å². The van der Waals surface area contributed by atoms with Crippen molar-refractivity contribution in [3.8, 4) is 0 Å². The Kier molecular flexibility index (Phi) is 4.41. The molecule has 1 N–H and O–H groups in total. The zero-order chi connectivity index (χ0) is 17.4. The van der Waals surface area contributed by atoms with Gasteiger partial charge in [0.25, 0.3) is 0 Å². The molecule has 0 unspecified atom stereocenters. The molecule has 4 rings (SSSR count). The van der Waals surface area contributed by atoms with Crippen molar-refractivity contribution in [2.24, 2.45) is 0 Å². The third-order valence-electron chi connectivity index (χ3n) is 6.37. The molecule has 136 valence electrons. The maximum atomic E-state index is 5.37. The number of nitrogens with one attached hydrogen (secondary N) is 1. The Morgan fingerprint density at radius 2 is 1.92 bits per heavy atom. The standard InChI is InChI=1S/C19H29N5O/c1-14-17(16(3)25-22-14)11-24-8-4-5-19(24)6-9-23(10-7-19)12-18-15(2)20-13-21-18/h13H,4-12H2,1-3H3,(H,20,21). The summed E-state index contributed by atoms with van der Waals surface area (Å²) in [5.74, 6) is 0.978. The monoisotopic (exact) mass is 343 g/mol. The average molecular weight is 343 g/mol. The van der Waals surface area contributed by atoms with Crippen LogP contribution >= 0.6 is 0 Å². The van der Waals surface area contributed by atoms with E-state index in [0.717, 1.165) is 37.6 Å². The third kappa shape index (κ3) is 3.13. The predicted molar refractivity (Wildman–Crippen MR) is 96.2 cm³/mol. The summed E-state index contributed by atoms with van der Waals surface area (Å²) in [6.45, 7) is 11.7. The van der Waals surface area contributed by atoms with Gasteiger partial charge in [-0.3, -0.25) is 9.80 Å². The zero-order valence-electron chi connectivity index (χ0n) is 15.6. The highest BCUT2D eigenvalue weighted by Gasteiger charge is 2.43. The number of likely N-dealkylation sites (tertiary alicyclic amines) is 2. The van der Waals surface area contributed by atoms with E-state index in [4.69, 9.17) is 4.52 Å². The summed E-state index contributed by atoms with van der Waals surface area (Å²) in [5.41, 5.74) is 5.09. The summed E-state index contributed by atoms with van der Waals surface area (Å²) in [7, 11) is 0. The van der Waals surface area contributed by atoms with Crippen molar-refractivity contribution in [2.75, 3.05) is 19.6 Å². The van der Waals surface area contributed by atoms with Gasteiger partial charge in [-0.1, -0.05) is 5.16 Å². The predicted octanol–water partition coefficient (Wildman–Crippen LogP) is 2.95. The van der Waals surface area contributed by atoms with Crippen molar-refractivity contribution < 1.29 is 4.52 Å². The Morgan fingerprint density at radius 1 is 1.12 bits per heavy atom. The molecule has 2 aromatic rings. The van der Waals surface area contributed by atoms with Crippen molar-refractivity contribution in [2.45, 2.75) is 65.1 Å². The lowest BCUT2D eigenvalue weighted by atomic mass is 9.84. The molecule has 2 aliphatic heterocycles. The van der Waals surface area contributed by atoms with Gasteiger partial charge in [0, 0.05) is 43.0 Å². The van der Waals surface area contributed by atoms with Gasteiger partial charge in [-0.15, -0.1) is 0 Å². The quantitative estimate of drug-likeness (QED) is 0.925. The van der Waals surface area contributed by atoms with Gasteiger partial charge in [0.2, 0.25) is 0 Å². The van der Waals surface area contributed by atoms with Gasteiger partial charge in [-0.25, -0.2) is 4.98 Å². The summed E-state index contributed by atoms with van der Waals surface area (Å²) in [4.78, 5) is 12.9. The summed E-state index contributed by atoms with van der Waals surface area (Å²) in [6.07, 6.45) is 6.94. The largest absolute Gasteiger partial charge is 0.361 e. The van der Waals surface area contributed by atoms with E-state index < -0.39 is 0 Å². The number of aromatic amines is 1. The number of hydrogen-bond donors (Lipinski definition) is 1. The number of imidazole rings is 1. The molecule has 0 saturated carbocycles. The molecule has 2 aliphatic rings. The van der Waals surface area contributed by atoms with Gasteiger partial charge in [-0.05, 0) is 53.0 Å². The van der Waals surface area contributed by atoms with Crippen LogP contribution in [0.2, 0.25) is 0 Å². The highest BCUT2D eigenvalue weighted by molar-refractivity contribution is 5.21. The Morgan fingerprint density at radius 3 is 2.56 bits per heavy atom. The summed E-state index contributed by atoms with van der Waals surface area (Å²) < 4.78 is 5.37. The van der Waals surface area contributed by atoms with Crippen molar-refractivity contribution in [1.29, 1.82) is 0 Å². The second-order valence-electron chi connectivity index (χ2n) is 7.80. The first-order valence-corrected chi connectivity index (χ1v) is 9.45. The minimum Gasteiger partial charge on any atom is -0.361 e. The molecule has 25 heavy (non-hydrogen) atoms. The maximum Gasteiger partial charge on any atom is 0.138 e. The summed E-state index contributed by atoms with van der Waals surface area (Å²) >= 11 is 0. The molecule has 6 nitrogen and oxygen atoms in total. The minimum absolute atomic E-state index is 0.368. The van der Waals surface area contributed by atoms with Crippen molar-refractivity contribution in [3.63, 3.8) is 0 Å². The van der Waals surface area contributed by atoms with Crippen LogP contribution in [0.1, 0.15) is 54.1 Å². The van der Waals surface area contributed by atoms with E-state index in [1.165, 1.54) is 49.2 Å². The van der Waals surface area contributed by atoms with Gasteiger partial charge in [0.05, 0.1) is 17.7 Å². The molecular weight excluding hydrogens is 314 g/mol. The number of hydrogen-bond acceptors (Lipinski definition) is 5. The van der Waals surface area contributed by atoms with E-state index >= 15 is 0 Å². The lowest BCUT2D eigenvalue weighted by Gasteiger charge is -2.45. The first kappa shape index (κ1) is 16.8. The molecular formula is C19H29N5O. The molecule has 0 aliphatic carbocycles. The van der Waals surface area contributed by atoms with E-state index in [0.29, 0.717) is 5.54 Å². The highest BCUT2D eigenvalue weighted by Crippen LogP contribution is 2.40. The van der Waals surface area contributed by atoms with Crippen LogP contribution in [0.5, 0.6) is 0 Å². The number of aromatic nitrogens is 3. The van der Waals surface area contributed by atoms with E-state index in [1.54, 1.807) is 6.33 Å². The fourth-order valence-electron chi connectivity index (χ4n) is 4.61. The lowest BCUT2D eigenvalue weighted by molar-refractivity contribution is 0.0442. The van der Waals surface area contributed by atoms with Crippen LogP contribution in [-0.4, -0.2) is 50.1 Å². The van der Waals surface area contributed by atoms with E-state index in [2.05, 4.69) is 38.8 Å². The Labute approximate surface area is 149 Å². The third-order valence-corrected chi connectivity index (χ3v) is 6.37. The van der Waals surface area contributed by atoms with Gasteiger partial charge in [-0.2, -0.15) is 0 Å².